The minimum atomic E-state index is 0.416. The van der Waals surface area contributed by atoms with Crippen LogP contribution in [0.2, 0.25) is 0 Å². The van der Waals surface area contributed by atoms with Crippen LogP contribution in [0.3, 0.4) is 0 Å². The first kappa shape index (κ1) is 13.0. The van der Waals surface area contributed by atoms with Gasteiger partial charge in [-0.2, -0.15) is 0 Å². The maximum absolute atomic E-state index is 4.79. The first-order chi connectivity index (χ1) is 10.7. The molecule has 0 saturated carbocycles. The van der Waals surface area contributed by atoms with Crippen molar-refractivity contribution in [1.29, 1.82) is 0 Å². The van der Waals surface area contributed by atoms with Crippen molar-refractivity contribution in [2.45, 2.75) is 19.9 Å². The number of aromatic nitrogens is 2. The third-order valence-electron chi connectivity index (χ3n) is 3.99. The summed E-state index contributed by atoms with van der Waals surface area (Å²) in [6.07, 6.45) is 8.21. The molecule has 0 N–H and O–H groups in total. The molecule has 0 unspecified atom stereocenters. The fraction of sp³-hybridized carbons (Fsp3) is 0.158. The topological polar surface area (TPSA) is 29.0 Å². The van der Waals surface area contributed by atoms with Crippen LogP contribution in [0.15, 0.2) is 48.8 Å². The first-order valence-electron chi connectivity index (χ1n) is 7.55. The molecule has 0 spiro atoms. The minimum Gasteiger partial charge on any atom is -0.352 e. The zero-order chi connectivity index (χ0) is 15.1. The fourth-order valence-corrected chi connectivity index (χ4v) is 2.72. The van der Waals surface area contributed by atoms with E-state index in [9.17, 15) is 0 Å². The molecule has 108 valence electrons. The van der Waals surface area contributed by atoms with Crippen molar-refractivity contribution >= 4 is 34.0 Å². The Morgan fingerprint density at radius 2 is 1.32 bits per heavy atom. The smallest absolute Gasteiger partial charge is 0.0909 e. The van der Waals surface area contributed by atoms with E-state index in [0.717, 1.165) is 22.4 Å². The van der Waals surface area contributed by atoms with Gasteiger partial charge in [0.05, 0.1) is 22.4 Å². The molecule has 0 bridgehead atoms. The zero-order valence-electron chi connectivity index (χ0n) is 12.7. The molecule has 1 aromatic heterocycles. The SMILES string of the molecule is CC(C)N1C=Cc2nc3cc4ccccc4cc3nc2C=C1. The molecule has 3 nitrogen and oxygen atoms in total. The van der Waals surface area contributed by atoms with E-state index >= 15 is 0 Å². The van der Waals surface area contributed by atoms with Crippen molar-refractivity contribution in [3.8, 4) is 0 Å². The quantitative estimate of drug-likeness (QED) is 0.619. The highest BCUT2D eigenvalue weighted by molar-refractivity contribution is 5.95. The van der Waals surface area contributed by atoms with Gasteiger partial charge in [-0.25, -0.2) is 9.97 Å². The van der Waals surface area contributed by atoms with Crippen LogP contribution in [0.25, 0.3) is 34.0 Å². The maximum Gasteiger partial charge on any atom is 0.0909 e. The standard InChI is InChI=1S/C19H17N3/c1-13(2)22-9-7-16-17(8-10-22)21-19-12-15-6-4-3-5-14(15)11-18(19)20-16/h3-13H,1-2H3. The zero-order valence-corrected chi connectivity index (χ0v) is 12.7. The fourth-order valence-electron chi connectivity index (χ4n) is 2.72. The van der Waals surface area contributed by atoms with Crippen LogP contribution in [0.1, 0.15) is 25.2 Å². The lowest BCUT2D eigenvalue weighted by Crippen LogP contribution is -2.18. The number of nitrogens with zero attached hydrogens (tertiary/aromatic N) is 3. The number of fused-ring (bicyclic) bond motifs is 3. The molecule has 3 aromatic rings. The van der Waals surface area contributed by atoms with E-state index < -0.39 is 0 Å². The summed E-state index contributed by atoms with van der Waals surface area (Å²) in [6.45, 7) is 4.32. The van der Waals surface area contributed by atoms with E-state index in [-0.39, 0.29) is 0 Å². The number of benzene rings is 2. The molecule has 0 atom stereocenters. The summed E-state index contributed by atoms with van der Waals surface area (Å²) in [4.78, 5) is 11.7. The molecular weight excluding hydrogens is 270 g/mol. The largest absolute Gasteiger partial charge is 0.352 e. The second-order valence-corrected chi connectivity index (χ2v) is 5.85. The van der Waals surface area contributed by atoms with Crippen molar-refractivity contribution in [3.63, 3.8) is 0 Å². The molecule has 0 amide bonds. The Kier molecular flexibility index (Phi) is 2.93. The second kappa shape index (κ2) is 4.95. The van der Waals surface area contributed by atoms with Crippen LogP contribution in [0.4, 0.5) is 0 Å². The Morgan fingerprint density at radius 1 is 0.818 bits per heavy atom. The van der Waals surface area contributed by atoms with Crippen molar-refractivity contribution < 1.29 is 0 Å². The van der Waals surface area contributed by atoms with Gasteiger partial charge in [0.2, 0.25) is 0 Å². The highest BCUT2D eigenvalue weighted by atomic mass is 15.1. The van der Waals surface area contributed by atoms with Crippen LogP contribution >= 0.6 is 0 Å². The van der Waals surface area contributed by atoms with E-state index in [0.29, 0.717) is 6.04 Å². The summed E-state index contributed by atoms with van der Waals surface area (Å²) >= 11 is 0. The van der Waals surface area contributed by atoms with Crippen molar-refractivity contribution in [2.75, 3.05) is 0 Å². The monoisotopic (exact) mass is 287 g/mol. The Hall–Kier alpha value is -2.68. The minimum absolute atomic E-state index is 0.416. The van der Waals surface area contributed by atoms with Gasteiger partial charge < -0.3 is 4.90 Å². The third kappa shape index (κ3) is 2.15. The van der Waals surface area contributed by atoms with Crippen LogP contribution in [0, 0.1) is 0 Å². The molecule has 4 rings (SSSR count). The number of hydrogen-bond donors (Lipinski definition) is 0. The van der Waals surface area contributed by atoms with Crippen LogP contribution < -0.4 is 0 Å². The summed E-state index contributed by atoms with van der Waals surface area (Å²) in [5, 5.41) is 2.39. The predicted molar refractivity (Wildman–Crippen MR) is 92.1 cm³/mol. The molecule has 0 radical (unpaired) electrons. The molecule has 1 aliphatic rings. The lowest BCUT2D eigenvalue weighted by atomic mass is 10.1. The summed E-state index contributed by atoms with van der Waals surface area (Å²) in [6, 6.07) is 13.0. The van der Waals surface area contributed by atoms with Crippen molar-refractivity contribution in [2.24, 2.45) is 0 Å². The van der Waals surface area contributed by atoms with Gasteiger partial charge in [0, 0.05) is 18.4 Å². The van der Waals surface area contributed by atoms with E-state index in [1.165, 1.54) is 10.8 Å². The number of rotatable bonds is 1. The van der Waals surface area contributed by atoms with Crippen LogP contribution in [0.5, 0.6) is 0 Å². The highest BCUT2D eigenvalue weighted by Gasteiger charge is 2.10. The van der Waals surface area contributed by atoms with Crippen LogP contribution in [-0.4, -0.2) is 20.9 Å². The first-order valence-corrected chi connectivity index (χ1v) is 7.55. The predicted octanol–water partition coefficient (Wildman–Crippen LogP) is 4.45. The number of hydrogen-bond acceptors (Lipinski definition) is 3. The van der Waals surface area contributed by atoms with Crippen molar-refractivity contribution in [1.82, 2.24) is 14.9 Å². The Labute approximate surface area is 129 Å². The summed E-state index contributed by atoms with van der Waals surface area (Å²) in [5.74, 6) is 0. The van der Waals surface area contributed by atoms with Gasteiger partial charge in [-0.1, -0.05) is 24.3 Å². The molecule has 3 heteroatoms. The average molecular weight is 287 g/mol. The molecular formula is C19H17N3. The lowest BCUT2D eigenvalue weighted by molar-refractivity contribution is 0.422. The molecule has 22 heavy (non-hydrogen) atoms. The summed E-state index contributed by atoms with van der Waals surface area (Å²) in [7, 11) is 0. The van der Waals surface area contributed by atoms with Gasteiger partial charge in [-0.3, -0.25) is 0 Å². The second-order valence-electron chi connectivity index (χ2n) is 5.85. The van der Waals surface area contributed by atoms with E-state index in [1.807, 2.05) is 24.3 Å². The lowest BCUT2D eigenvalue weighted by Gasteiger charge is -2.18. The van der Waals surface area contributed by atoms with Gasteiger partial charge >= 0.3 is 0 Å². The van der Waals surface area contributed by atoms with E-state index in [2.05, 4.69) is 55.4 Å². The molecule has 1 aliphatic heterocycles. The summed E-state index contributed by atoms with van der Waals surface area (Å²) in [5.41, 5.74) is 3.71. The van der Waals surface area contributed by atoms with Crippen molar-refractivity contribution in [3.05, 3.63) is 60.2 Å². The van der Waals surface area contributed by atoms with Gasteiger partial charge in [-0.15, -0.1) is 0 Å². The normalized spacial score (nSPS) is 13.9. The van der Waals surface area contributed by atoms with E-state index in [1.54, 1.807) is 0 Å². The Balaban J connectivity index is 1.93. The van der Waals surface area contributed by atoms with Crippen LogP contribution in [-0.2, 0) is 0 Å². The Bertz CT molecular complexity index is 851. The molecule has 0 fully saturated rings. The van der Waals surface area contributed by atoms with E-state index in [4.69, 9.17) is 9.97 Å². The molecule has 2 aromatic carbocycles. The van der Waals surface area contributed by atoms with Gasteiger partial charge in [-0.05, 0) is 48.9 Å². The van der Waals surface area contributed by atoms with Gasteiger partial charge in [0.1, 0.15) is 0 Å². The average Bonchev–Trinajstić information content (AvgIpc) is 2.72. The van der Waals surface area contributed by atoms with Gasteiger partial charge in [0.25, 0.3) is 0 Å². The molecule has 0 aliphatic carbocycles. The maximum atomic E-state index is 4.79. The molecule has 2 heterocycles. The Morgan fingerprint density at radius 3 is 1.77 bits per heavy atom. The third-order valence-corrected chi connectivity index (χ3v) is 3.99. The van der Waals surface area contributed by atoms with Gasteiger partial charge in [0.15, 0.2) is 0 Å². The molecule has 0 saturated heterocycles. The summed E-state index contributed by atoms with van der Waals surface area (Å²) < 4.78 is 0. The highest BCUT2D eigenvalue weighted by Crippen LogP contribution is 2.23.